The van der Waals surface area contributed by atoms with E-state index < -0.39 is 40.5 Å². The fourth-order valence-electron chi connectivity index (χ4n) is 3.45. The number of hydrogen-bond acceptors (Lipinski definition) is 6. The van der Waals surface area contributed by atoms with Crippen LogP contribution in [0.5, 0.6) is 0 Å². The van der Waals surface area contributed by atoms with Crippen LogP contribution in [0.3, 0.4) is 0 Å². The monoisotopic (exact) mass is 498 g/mol. The summed E-state index contributed by atoms with van der Waals surface area (Å²) in [6.45, 7) is 0.942. The van der Waals surface area contributed by atoms with E-state index in [4.69, 9.17) is 16.3 Å². The highest BCUT2D eigenvalue weighted by Crippen LogP contribution is 2.30. The second kappa shape index (κ2) is 9.28. The van der Waals surface area contributed by atoms with Gasteiger partial charge < -0.3 is 10.1 Å². The summed E-state index contributed by atoms with van der Waals surface area (Å²) in [6, 6.07) is 18.8. The predicted octanol–water partition coefficient (Wildman–Crippen LogP) is 3.72. The summed E-state index contributed by atoms with van der Waals surface area (Å²) in [5, 5.41) is 3.09. The largest absolute Gasteiger partial charge is 0.446 e. The molecule has 34 heavy (non-hydrogen) atoms. The molecule has 0 radical (unpaired) electrons. The molecule has 1 heterocycles. The summed E-state index contributed by atoms with van der Waals surface area (Å²) < 4.78 is 31.3. The Bertz CT molecular complexity index is 1390. The predicted molar refractivity (Wildman–Crippen MR) is 125 cm³/mol. The van der Waals surface area contributed by atoms with Crippen molar-refractivity contribution in [2.45, 2.75) is 17.9 Å². The first-order chi connectivity index (χ1) is 16.2. The van der Waals surface area contributed by atoms with E-state index in [0.717, 1.165) is 5.56 Å². The van der Waals surface area contributed by atoms with Gasteiger partial charge in [-0.1, -0.05) is 60.1 Å². The average molecular weight is 499 g/mol. The molecule has 1 unspecified atom stereocenters. The zero-order valence-electron chi connectivity index (χ0n) is 17.9. The van der Waals surface area contributed by atoms with E-state index in [2.05, 4.69) is 5.32 Å². The lowest BCUT2D eigenvalue weighted by Crippen LogP contribution is -2.37. The van der Waals surface area contributed by atoms with Gasteiger partial charge in [0.2, 0.25) is 6.10 Å². The fraction of sp³-hybridized carbons (Fsp3) is 0.125. The first kappa shape index (κ1) is 23.5. The van der Waals surface area contributed by atoms with Crippen molar-refractivity contribution in [1.82, 2.24) is 4.31 Å². The second-order valence-electron chi connectivity index (χ2n) is 7.55. The van der Waals surface area contributed by atoms with Gasteiger partial charge in [0.15, 0.2) is 0 Å². The van der Waals surface area contributed by atoms with Crippen molar-refractivity contribution in [2.75, 3.05) is 11.9 Å². The summed E-state index contributed by atoms with van der Waals surface area (Å²) in [5.74, 6) is -2.56. The molecule has 0 saturated carbocycles. The number of hydrogen-bond donors (Lipinski definition) is 1. The SMILES string of the molecule is Cc1ccc(NC(=O)C(OC(=O)CN2C(=O)c3ccccc3S2(=O)=O)c2ccccc2)cc1Cl. The van der Waals surface area contributed by atoms with Crippen molar-refractivity contribution in [3.05, 3.63) is 94.5 Å². The van der Waals surface area contributed by atoms with Crippen LogP contribution in [-0.2, 0) is 24.3 Å². The van der Waals surface area contributed by atoms with Crippen LogP contribution in [0.25, 0.3) is 0 Å². The van der Waals surface area contributed by atoms with E-state index in [-0.39, 0.29) is 10.5 Å². The summed E-state index contributed by atoms with van der Waals surface area (Å²) in [7, 11) is -4.20. The van der Waals surface area contributed by atoms with Crippen molar-refractivity contribution in [1.29, 1.82) is 0 Å². The number of aryl methyl sites for hydroxylation is 1. The molecule has 0 bridgehead atoms. The van der Waals surface area contributed by atoms with Gasteiger partial charge >= 0.3 is 5.97 Å². The lowest BCUT2D eigenvalue weighted by Gasteiger charge is -2.20. The van der Waals surface area contributed by atoms with Gasteiger partial charge in [-0.25, -0.2) is 12.7 Å². The Balaban J connectivity index is 1.55. The number of benzene rings is 3. The van der Waals surface area contributed by atoms with Crippen LogP contribution in [-0.4, -0.2) is 37.1 Å². The summed E-state index contributed by atoms with van der Waals surface area (Å²) >= 11 is 6.12. The molecule has 10 heteroatoms. The number of rotatable bonds is 6. The number of amides is 2. The molecule has 1 aliphatic rings. The third-order valence-electron chi connectivity index (χ3n) is 5.21. The maximum absolute atomic E-state index is 13.0. The lowest BCUT2D eigenvalue weighted by molar-refractivity contribution is -0.154. The van der Waals surface area contributed by atoms with Gasteiger partial charge in [0, 0.05) is 16.3 Å². The molecule has 0 aromatic heterocycles. The molecule has 3 aromatic carbocycles. The quantitative estimate of drug-likeness (QED) is 0.519. The second-order valence-corrected chi connectivity index (χ2v) is 9.78. The number of halogens is 1. The Morgan fingerprint density at radius 3 is 2.38 bits per heavy atom. The standard InChI is InChI=1S/C24H19ClN2O6S/c1-15-11-12-17(13-19(15)25)26-23(29)22(16-7-3-2-4-8-16)33-21(28)14-27-24(30)18-9-5-6-10-20(18)34(27,31)32/h2-13,22H,14H2,1H3,(H,26,29). The molecular formula is C24H19ClN2O6S. The normalized spacial score (nSPS) is 14.9. The van der Waals surface area contributed by atoms with Crippen molar-refractivity contribution in [3.63, 3.8) is 0 Å². The first-order valence-corrected chi connectivity index (χ1v) is 12.0. The van der Waals surface area contributed by atoms with Gasteiger partial charge in [0.25, 0.3) is 21.8 Å². The van der Waals surface area contributed by atoms with Gasteiger partial charge in [-0.15, -0.1) is 0 Å². The molecule has 0 spiro atoms. The first-order valence-electron chi connectivity index (χ1n) is 10.2. The van der Waals surface area contributed by atoms with Crippen molar-refractivity contribution in [3.8, 4) is 0 Å². The van der Waals surface area contributed by atoms with Gasteiger partial charge in [-0.05, 0) is 36.8 Å². The van der Waals surface area contributed by atoms with Crippen molar-refractivity contribution >= 4 is 45.1 Å². The fourth-order valence-corrected chi connectivity index (χ4v) is 5.15. The molecule has 1 N–H and O–H groups in total. The van der Waals surface area contributed by atoms with Crippen molar-refractivity contribution < 1.29 is 27.5 Å². The van der Waals surface area contributed by atoms with Gasteiger partial charge in [0.05, 0.1) is 5.56 Å². The molecule has 0 aliphatic carbocycles. The van der Waals surface area contributed by atoms with E-state index >= 15 is 0 Å². The Labute approximate surface area is 201 Å². The van der Waals surface area contributed by atoms with E-state index in [1.165, 1.54) is 24.3 Å². The van der Waals surface area contributed by atoms with Crippen LogP contribution in [0.1, 0.15) is 27.6 Å². The van der Waals surface area contributed by atoms with E-state index in [0.29, 0.717) is 20.6 Å². The molecule has 0 fully saturated rings. The third-order valence-corrected chi connectivity index (χ3v) is 7.41. The Morgan fingerprint density at radius 2 is 1.71 bits per heavy atom. The zero-order valence-corrected chi connectivity index (χ0v) is 19.5. The zero-order chi connectivity index (χ0) is 24.5. The number of ether oxygens (including phenoxy) is 1. The molecule has 0 saturated heterocycles. The number of esters is 1. The number of sulfonamides is 1. The van der Waals surface area contributed by atoms with E-state index in [1.807, 2.05) is 6.92 Å². The average Bonchev–Trinajstić information content (AvgIpc) is 3.01. The summed E-state index contributed by atoms with van der Waals surface area (Å²) in [4.78, 5) is 38.2. The van der Waals surface area contributed by atoms with Crippen LogP contribution in [0, 0.1) is 6.92 Å². The lowest BCUT2D eigenvalue weighted by atomic mass is 10.1. The topological polar surface area (TPSA) is 110 Å². The highest BCUT2D eigenvalue weighted by atomic mass is 35.5. The smallest absolute Gasteiger partial charge is 0.328 e. The minimum absolute atomic E-state index is 0.0242. The molecular weight excluding hydrogens is 480 g/mol. The molecule has 8 nitrogen and oxygen atoms in total. The van der Waals surface area contributed by atoms with E-state index in [1.54, 1.807) is 48.5 Å². The summed E-state index contributed by atoms with van der Waals surface area (Å²) in [6.07, 6.45) is -1.39. The number of carbonyl (C=O) groups is 3. The van der Waals surface area contributed by atoms with Gasteiger partial charge in [0.1, 0.15) is 11.4 Å². The minimum Gasteiger partial charge on any atom is -0.446 e. The Kier molecular flexibility index (Phi) is 6.41. The van der Waals surface area contributed by atoms with Crippen molar-refractivity contribution in [2.24, 2.45) is 0 Å². The molecule has 3 aromatic rings. The Morgan fingerprint density at radius 1 is 1.03 bits per heavy atom. The van der Waals surface area contributed by atoms with Gasteiger partial charge in [-0.2, -0.15) is 0 Å². The highest BCUT2D eigenvalue weighted by molar-refractivity contribution is 7.90. The Hall–Kier alpha value is -3.69. The number of anilines is 1. The molecule has 4 rings (SSSR count). The van der Waals surface area contributed by atoms with Crippen LogP contribution < -0.4 is 5.32 Å². The third kappa shape index (κ3) is 4.52. The molecule has 1 atom stereocenters. The molecule has 174 valence electrons. The van der Waals surface area contributed by atoms with Gasteiger partial charge in [-0.3, -0.25) is 14.4 Å². The van der Waals surface area contributed by atoms with Crippen LogP contribution in [0.15, 0.2) is 77.7 Å². The van der Waals surface area contributed by atoms with E-state index in [9.17, 15) is 22.8 Å². The maximum atomic E-state index is 13.0. The van der Waals surface area contributed by atoms with Crippen LogP contribution in [0.2, 0.25) is 5.02 Å². The van der Waals surface area contributed by atoms with Crippen LogP contribution >= 0.6 is 11.6 Å². The number of fused-ring (bicyclic) bond motifs is 1. The summed E-state index contributed by atoms with van der Waals surface area (Å²) in [5.41, 5.74) is 1.56. The maximum Gasteiger partial charge on any atom is 0.328 e. The molecule has 1 aliphatic heterocycles. The number of carbonyl (C=O) groups excluding carboxylic acids is 3. The number of nitrogens with zero attached hydrogens (tertiary/aromatic N) is 1. The van der Waals surface area contributed by atoms with Crippen LogP contribution in [0.4, 0.5) is 5.69 Å². The molecule has 2 amide bonds. The highest BCUT2D eigenvalue weighted by Gasteiger charge is 2.42. The number of nitrogens with one attached hydrogen (secondary N) is 1. The minimum atomic E-state index is -4.20.